The average Bonchev–Trinajstić information content (AvgIpc) is 2.41. The minimum absolute atomic E-state index is 0.0649. The van der Waals surface area contributed by atoms with Crippen LogP contribution in [0.1, 0.15) is 24.9 Å². The zero-order valence-electron chi connectivity index (χ0n) is 11.6. The summed E-state index contributed by atoms with van der Waals surface area (Å²) in [7, 11) is -3.65. The van der Waals surface area contributed by atoms with E-state index in [1.807, 2.05) is 13.0 Å². The molecule has 0 spiro atoms. The van der Waals surface area contributed by atoms with E-state index in [0.29, 0.717) is 0 Å². The molecule has 5 nitrogen and oxygen atoms in total. The highest BCUT2D eigenvalue weighted by molar-refractivity contribution is 7.99. The summed E-state index contributed by atoms with van der Waals surface area (Å²) in [4.78, 5) is 0.140. The summed E-state index contributed by atoms with van der Waals surface area (Å²) < 4.78 is 22.6. The van der Waals surface area contributed by atoms with E-state index in [0.717, 1.165) is 30.0 Å². The number of rotatable bonds is 9. The lowest BCUT2D eigenvalue weighted by Gasteiger charge is -2.14. The smallest absolute Gasteiger partial charge is 0.238 e. The predicted octanol–water partition coefficient (Wildman–Crippen LogP) is 1.10. The molecule has 1 aromatic rings. The van der Waals surface area contributed by atoms with Gasteiger partial charge in [-0.2, -0.15) is 11.8 Å². The summed E-state index contributed by atoms with van der Waals surface area (Å²) in [6.45, 7) is 3.05. The first-order chi connectivity index (χ1) is 9.45. The van der Waals surface area contributed by atoms with Gasteiger partial charge in [-0.05, 0) is 36.8 Å². The summed E-state index contributed by atoms with van der Waals surface area (Å²) in [5, 5.41) is 17.1. The summed E-state index contributed by atoms with van der Waals surface area (Å²) in [5.74, 6) is 1.91. The molecule has 114 valence electrons. The molecule has 0 saturated carbocycles. The van der Waals surface area contributed by atoms with Gasteiger partial charge in [0.1, 0.15) is 0 Å². The van der Waals surface area contributed by atoms with Crippen molar-refractivity contribution in [3.05, 3.63) is 29.8 Å². The molecule has 1 aromatic carbocycles. The van der Waals surface area contributed by atoms with Crippen molar-refractivity contribution in [1.29, 1.82) is 0 Å². The van der Waals surface area contributed by atoms with Gasteiger partial charge in [0.2, 0.25) is 10.0 Å². The molecular formula is C13H22N2O3S2. The van der Waals surface area contributed by atoms with Gasteiger partial charge in [0.25, 0.3) is 0 Å². The number of aliphatic hydroxyl groups excluding tert-OH is 1. The molecule has 1 atom stereocenters. The summed E-state index contributed by atoms with van der Waals surface area (Å²) in [6.07, 6.45) is 0.816. The zero-order valence-corrected chi connectivity index (χ0v) is 13.2. The number of aliphatic hydroxyl groups is 1. The normalized spacial score (nSPS) is 13.3. The van der Waals surface area contributed by atoms with E-state index in [1.165, 1.54) is 6.07 Å². The van der Waals surface area contributed by atoms with Gasteiger partial charge in [-0.3, -0.25) is 0 Å². The first-order valence-corrected chi connectivity index (χ1v) is 9.20. The SMILES string of the molecule is CC(NCCSCCCO)c1cccc(S(N)(=O)=O)c1. The van der Waals surface area contributed by atoms with Crippen molar-refractivity contribution < 1.29 is 13.5 Å². The minimum Gasteiger partial charge on any atom is -0.396 e. The molecule has 1 unspecified atom stereocenters. The molecule has 0 fully saturated rings. The van der Waals surface area contributed by atoms with Crippen LogP contribution in [-0.2, 0) is 10.0 Å². The molecule has 0 heterocycles. The van der Waals surface area contributed by atoms with Crippen molar-refractivity contribution >= 4 is 21.8 Å². The van der Waals surface area contributed by atoms with E-state index in [-0.39, 0.29) is 17.5 Å². The summed E-state index contributed by atoms with van der Waals surface area (Å²) in [6, 6.07) is 6.74. The number of sulfonamides is 1. The van der Waals surface area contributed by atoms with Crippen molar-refractivity contribution in [2.45, 2.75) is 24.3 Å². The summed E-state index contributed by atoms with van der Waals surface area (Å²) >= 11 is 1.78. The maximum atomic E-state index is 11.3. The fraction of sp³-hybridized carbons (Fsp3) is 0.538. The third-order valence-electron chi connectivity index (χ3n) is 2.83. The monoisotopic (exact) mass is 318 g/mol. The Hall–Kier alpha value is -0.600. The molecule has 0 aliphatic carbocycles. The van der Waals surface area contributed by atoms with Crippen LogP contribution in [0.5, 0.6) is 0 Å². The lowest BCUT2D eigenvalue weighted by atomic mass is 10.1. The van der Waals surface area contributed by atoms with E-state index >= 15 is 0 Å². The van der Waals surface area contributed by atoms with Gasteiger partial charge in [0.15, 0.2) is 0 Å². The Balaban J connectivity index is 2.45. The van der Waals surface area contributed by atoms with Crippen molar-refractivity contribution in [2.75, 3.05) is 24.7 Å². The highest BCUT2D eigenvalue weighted by atomic mass is 32.2. The van der Waals surface area contributed by atoms with Crippen LogP contribution in [0.3, 0.4) is 0 Å². The molecule has 0 bridgehead atoms. The van der Waals surface area contributed by atoms with Gasteiger partial charge in [-0.25, -0.2) is 13.6 Å². The Morgan fingerprint density at radius 3 is 2.80 bits per heavy atom. The number of nitrogens with two attached hydrogens (primary N) is 1. The maximum absolute atomic E-state index is 11.3. The van der Waals surface area contributed by atoms with Crippen molar-refractivity contribution in [3.8, 4) is 0 Å². The first kappa shape index (κ1) is 17.5. The van der Waals surface area contributed by atoms with Gasteiger partial charge in [0.05, 0.1) is 4.90 Å². The van der Waals surface area contributed by atoms with Gasteiger partial charge >= 0.3 is 0 Å². The first-order valence-electron chi connectivity index (χ1n) is 6.50. The molecular weight excluding hydrogens is 296 g/mol. The number of benzene rings is 1. The topological polar surface area (TPSA) is 92.4 Å². The summed E-state index contributed by atoms with van der Waals surface area (Å²) in [5.41, 5.74) is 0.900. The van der Waals surface area contributed by atoms with Gasteiger partial charge in [0, 0.05) is 24.9 Å². The van der Waals surface area contributed by atoms with E-state index in [4.69, 9.17) is 10.2 Å². The van der Waals surface area contributed by atoms with E-state index < -0.39 is 10.0 Å². The van der Waals surface area contributed by atoms with Crippen molar-refractivity contribution in [2.24, 2.45) is 5.14 Å². The molecule has 0 saturated heterocycles. The Morgan fingerprint density at radius 2 is 2.15 bits per heavy atom. The largest absolute Gasteiger partial charge is 0.396 e. The predicted molar refractivity (Wildman–Crippen MR) is 83.3 cm³/mol. The maximum Gasteiger partial charge on any atom is 0.238 e. The lowest BCUT2D eigenvalue weighted by Crippen LogP contribution is -2.22. The van der Waals surface area contributed by atoms with Crippen LogP contribution >= 0.6 is 11.8 Å². The number of nitrogens with one attached hydrogen (secondary N) is 1. The van der Waals surface area contributed by atoms with Gasteiger partial charge in [-0.15, -0.1) is 0 Å². The average molecular weight is 318 g/mol. The van der Waals surface area contributed by atoms with Crippen molar-refractivity contribution in [3.63, 3.8) is 0 Å². The van der Waals surface area contributed by atoms with Crippen LogP contribution in [0, 0.1) is 0 Å². The van der Waals surface area contributed by atoms with E-state index in [1.54, 1.807) is 23.9 Å². The molecule has 0 aromatic heterocycles. The van der Waals surface area contributed by atoms with Gasteiger partial charge in [-0.1, -0.05) is 12.1 Å². The van der Waals surface area contributed by atoms with Crippen LogP contribution in [0.15, 0.2) is 29.2 Å². The second-order valence-electron chi connectivity index (χ2n) is 4.48. The Kier molecular flexibility index (Phi) is 7.53. The lowest BCUT2D eigenvalue weighted by molar-refractivity contribution is 0.296. The second kappa shape index (κ2) is 8.63. The van der Waals surface area contributed by atoms with Crippen LogP contribution in [-0.4, -0.2) is 38.2 Å². The van der Waals surface area contributed by atoms with E-state index in [9.17, 15) is 8.42 Å². The molecule has 0 amide bonds. The molecule has 4 N–H and O–H groups in total. The molecule has 20 heavy (non-hydrogen) atoms. The highest BCUT2D eigenvalue weighted by Gasteiger charge is 2.11. The fourth-order valence-electron chi connectivity index (χ4n) is 1.69. The van der Waals surface area contributed by atoms with Crippen LogP contribution in [0.2, 0.25) is 0 Å². The molecule has 0 radical (unpaired) electrons. The van der Waals surface area contributed by atoms with Crippen LogP contribution < -0.4 is 10.5 Å². The van der Waals surface area contributed by atoms with E-state index in [2.05, 4.69) is 5.32 Å². The fourth-order valence-corrected chi connectivity index (χ4v) is 3.06. The van der Waals surface area contributed by atoms with Crippen LogP contribution in [0.4, 0.5) is 0 Å². The number of primary sulfonamides is 1. The molecule has 7 heteroatoms. The minimum atomic E-state index is -3.65. The molecule has 1 rings (SSSR count). The Morgan fingerprint density at radius 1 is 1.40 bits per heavy atom. The molecule has 0 aliphatic rings. The highest BCUT2D eigenvalue weighted by Crippen LogP contribution is 2.16. The van der Waals surface area contributed by atoms with Crippen LogP contribution in [0.25, 0.3) is 0 Å². The second-order valence-corrected chi connectivity index (χ2v) is 7.27. The number of hydrogen-bond donors (Lipinski definition) is 3. The third-order valence-corrected chi connectivity index (χ3v) is 4.81. The number of thioether (sulfide) groups is 1. The standard InChI is InChI=1S/C13H22N2O3S2/c1-11(15-6-9-19-8-3-7-16)12-4-2-5-13(10-12)20(14,17)18/h2,4-5,10-11,15-16H,3,6-9H2,1H3,(H2,14,17,18). The molecule has 0 aliphatic heterocycles. The quantitative estimate of drug-likeness (QED) is 0.593. The zero-order chi connectivity index (χ0) is 15.0. The van der Waals surface area contributed by atoms with Crippen molar-refractivity contribution in [1.82, 2.24) is 5.32 Å². The van der Waals surface area contributed by atoms with Gasteiger partial charge < -0.3 is 10.4 Å². The Labute approximate surface area is 125 Å². The number of hydrogen-bond acceptors (Lipinski definition) is 5. The third kappa shape index (κ3) is 6.23. The Bertz CT molecular complexity index is 506.